The highest BCUT2D eigenvalue weighted by molar-refractivity contribution is 7.85. The standard InChI is InChI=1S/C10H14N2O2S2/c11-8-1-4-15-9(8)10(13)12-7-2-5-16(14)6-3-7/h1,4,7H,2-3,5-6,11H2,(H,12,13). The molecule has 1 amide bonds. The van der Waals surface area contributed by atoms with Crippen LogP contribution in [0.25, 0.3) is 0 Å². The van der Waals surface area contributed by atoms with E-state index in [2.05, 4.69) is 5.32 Å². The van der Waals surface area contributed by atoms with Crippen molar-refractivity contribution in [3.8, 4) is 0 Å². The Morgan fingerprint density at radius 3 is 2.75 bits per heavy atom. The van der Waals surface area contributed by atoms with Crippen LogP contribution in [0.1, 0.15) is 22.5 Å². The number of carbonyl (C=O) groups excluding carboxylic acids is 1. The molecule has 1 saturated heterocycles. The van der Waals surface area contributed by atoms with E-state index < -0.39 is 10.8 Å². The summed E-state index contributed by atoms with van der Waals surface area (Å²) < 4.78 is 11.2. The summed E-state index contributed by atoms with van der Waals surface area (Å²) >= 11 is 1.35. The Morgan fingerprint density at radius 2 is 2.19 bits per heavy atom. The molecule has 0 unspecified atom stereocenters. The molecule has 16 heavy (non-hydrogen) atoms. The summed E-state index contributed by atoms with van der Waals surface area (Å²) in [6, 6.07) is 1.88. The predicted octanol–water partition coefficient (Wildman–Crippen LogP) is 0.971. The molecule has 3 N–H and O–H groups in total. The number of anilines is 1. The third kappa shape index (κ3) is 2.62. The summed E-state index contributed by atoms with van der Waals surface area (Å²) in [6.45, 7) is 0. The predicted molar refractivity (Wildman–Crippen MR) is 67.1 cm³/mol. The molecule has 88 valence electrons. The average Bonchev–Trinajstić information content (AvgIpc) is 2.68. The normalized spacial score (nSPS) is 25.2. The van der Waals surface area contributed by atoms with Crippen molar-refractivity contribution in [2.75, 3.05) is 17.2 Å². The van der Waals surface area contributed by atoms with E-state index in [4.69, 9.17) is 5.73 Å². The van der Waals surface area contributed by atoms with E-state index in [9.17, 15) is 9.00 Å². The number of nitrogen functional groups attached to an aromatic ring is 1. The van der Waals surface area contributed by atoms with E-state index in [0.29, 0.717) is 22.1 Å². The van der Waals surface area contributed by atoms with Gasteiger partial charge in [-0.15, -0.1) is 11.3 Å². The maximum absolute atomic E-state index is 11.8. The van der Waals surface area contributed by atoms with Gasteiger partial charge in [-0.25, -0.2) is 0 Å². The Bertz CT molecular complexity index is 407. The molecule has 0 radical (unpaired) electrons. The van der Waals surface area contributed by atoms with Crippen LogP contribution in [0, 0.1) is 0 Å². The lowest BCUT2D eigenvalue weighted by molar-refractivity contribution is 0.0939. The molecule has 1 aliphatic heterocycles. The molecular weight excluding hydrogens is 244 g/mol. The number of nitrogens with two attached hydrogens (primary N) is 1. The van der Waals surface area contributed by atoms with Crippen molar-refractivity contribution in [1.29, 1.82) is 0 Å². The van der Waals surface area contributed by atoms with Gasteiger partial charge < -0.3 is 11.1 Å². The molecule has 2 rings (SSSR count). The monoisotopic (exact) mass is 258 g/mol. The Hall–Kier alpha value is -0.880. The van der Waals surface area contributed by atoms with Gasteiger partial charge in [-0.05, 0) is 24.3 Å². The summed E-state index contributed by atoms with van der Waals surface area (Å²) in [6.07, 6.45) is 1.59. The lowest BCUT2D eigenvalue weighted by Crippen LogP contribution is -2.39. The highest BCUT2D eigenvalue weighted by Crippen LogP contribution is 2.19. The van der Waals surface area contributed by atoms with Crippen molar-refractivity contribution < 1.29 is 9.00 Å². The fourth-order valence-corrected chi connectivity index (χ4v) is 3.71. The lowest BCUT2D eigenvalue weighted by atomic mass is 10.1. The van der Waals surface area contributed by atoms with Gasteiger partial charge in [0.15, 0.2) is 0 Å². The van der Waals surface area contributed by atoms with Crippen LogP contribution in [0.5, 0.6) is 0 Å². The van der Waals surface area contributed by atoms with E-state index >= 15 is 0 Å². The van der Waals surface area contributed by atoms with Gasteiger partial charge in [0.05, 0.1) is 5.69 Å². The minimum absolute atomic E-state index is 0.106. The molecule has 6 heteroatoms. The van der Waals surface area contributed by atoms with Crippen LogP contribution < -0.4 is 11.1 Å². The molecule has 0 spiro atoms. The zero-order valence-corrected chi connectivity index (χ0v) is 10.4. The van der Waals surface area contributed by atoms with E-state index in [1.165, 1.54) is 11.3 Å². The van der Waals surface area contributed by atoms with Crippen LogP contribution in [-0.2, 0) is 10.8 Å². The molecule has 0 aromatic carbocycles. The smallest absolute Gasteiger partial charge is 0.263 e. The average molecular weight is 258 g/mol. The van der Waals surface area contributed by atoms with Crippen LogP contribution in [0.15, 0.2) is 11.4 Å². The van der Waals surface area contributed by atoms with Crippen molar-refractivity contribution in [2.45, 2.75) is 18.9 Å². The third-order valence-corrected chi connectivity index (χ3v) is 4.94. The zero-order chi connectivity index (χ0) is 11.5. The summed E-state index contributed by atoms with van der Waals surface area (Å²) in [7, 11) is -0.690. The molecule has 1 aliphatic rings. The van der Waals surface area contributed by atoms with Crippen molar-refractivity contribution in [2.24, 2.45) is 0 Å². The quantitative estimate of drug-likeness (QED) is 0.830. The van der Waals surface area contributed by atoms with Gasteiger partial charge in [0, 0.05) is 28.3 Å². The van der Waals surface area contributed by atoms with Gasteiger partial charge in [-0.3, -0.25) is 9.00 Å². The van der Waals surface area contributed by atoms with Crippen LogP contribution in [-0.4, -0.2) is 27.7 Å². The number of rotatable bonds is 2. The number of carbonyl (C=O) groups is 1. The lowest BCUT2D eigenvalue weighted by Gasteiger charge is -2.22. The molecule has 1 fully saturated rings. The first kappa shape index (κ1) is 11.6. The summed E-state index contributed by atoms with van der Waals surface area (Å²) in [5, 5.41) is 4.75. The van der Waals surface area contributed by atoms with E-state index in [1.807, 2.05) is 0 Å². The SMILES string of the molecule is Nc1ccsc1C(=O)NC1CCS(=O)CC1. The van der Waals surface area contributed by atoms with Gasteiger partial charge in [-0.1, -0.05) is 0 Å². The first-order valence-corrected chi connectivity index (χ1v) is 7.52. The maximum atomic E-state index is 11.8. The van der Waals surface area contributed by atoms with Crippen molar-refractivity contribution >= 4 is 33.7 Å². The summed E-state index contributed by atoms with van der Waals surface area (Å²) in [5.41, 5.74) is 6.20. The topological polar surface area (TPSA) is 72.2 Å². The van der Waals surface area contributed by atoms with Crippen molar-refractivity contribution in [3.05, 3.63) is 16.3 Å². The molecule has 2 heterocycles. The largest absolute Gasteiger partial charge is 0.397 e. The highest BCUT2D eigenvalue weighted by atomic mass is 32.2. The number of thiophene rings is 1. The van der Waals surface area contributed by atoms with E-state index in [1.54, 1.807) is 11.4 Å². The minimum Gasteiger partial charge on any atom is -0.397 e. The number of hydrogen-bond acceptors (Lipinski definition) is 4. The molecule has 0 atom stereocenters. The van der Waals surface area contributed by atoms with E-state index in [0.717, 1.165) is 12.8 Å². The van der Waals surface area contributed by atoms with Crippen LogP contribution in [0.4, 0.5) is 5.69 Å². The highest BCUT2D eigenvalue weighted by Gasteiger charge is 2.21. The molecule has 1 aromatic rings. The van der Waals surface area contributed by atoms with Gasteiger partial charge in [-0.2, -0.15) is 0 Å². The van der Waals surface area contributed by atoms with Gasteiger partial charge in [0.2, 0.25) is 0 Å². The van der Waals surface area contributed by atoms with E-state index in [-0.39, 0.29) is 11.9 Å². The number of hydrogen-bond donors (Lipinski definition) is 2. The summed E-state index contributed by atoms with van der Waals surface area (Å²) in [4.78, 5) is 12.4. The maximum Gasteiger partial charge on any atom is 0.263 e. The third-order valence-electron chi connectivity index (χ3n) is 2.63. The molecule has 0 bridgehead atoms. The number of amides is 1. The van der Waals surface area contributed by atoms with Gasteiger partial charge in [0.25, 0.3) is 5.91 Å². The molecule has 0 aliphatic carbocycles. The van der Waals surface area contributed by atoms with Gasteiger partial charge in [0.1, 0.15) is 4.88 Å². The Balaban J connectivity index is 1.93. The second-order valence-corrected chi connectivity index (χ2v) is 6.41. The van der Waals surface area contributed by atoms with Gasteiger partial charge >= 0.3 is 0 Å². The van der Waals surface area contributed by atoms with Crippen molar-refractivity contribution in [1.82, 2.24) is 5.32 Å². The second kappa shape index (κ2) is 4.97. The molecule has 4 nitrogen and oxygen atoms in total. The van der Waals surface area contributed by atoms with Crippen LogP contribution in [0.3, 0.4) is 0 Å². The first-order chi connectivity index (χ1) is 7.66. The van der Waals surface area contributed by atoms with Crippen molar-refractivity contribution in [3.63, 3.8) is 0 Å². The Labute approximate surface area is 101 Å². The minimum atomic E-state index is -0.690. The molecule has 1 aromatic heterocycles. The zero-order valence-electron chi connectivity index (χ0n) is 8.77. The Kier molecular flexibility index (Phi) is 3.60. The molecule has 0 saturated carbocycles. The molecular formula is C10H14N2O2S2. The van der Waals surface area contributed by atoms with Crippen LogP contribution >= 0.6 is 11.3 Å². The first-order valence-electron chi connectivity index (χ1n) is 5.15. The number of nitrogens with one attached hydrogen (secondary N) is 1. The second-order valence-electron chi connectivity index (χ2n) is 3.80. The van der Waals surface area contributed by atoms with Crippen LogP contribution in [0.2, 0.25) is 0 Å². The Morgan fingerprint density at radius 1 is 1.50 bits per heavy atom. The fraction of sp³-hybridized carbons (Fsp3) is 0.500. The fourth-order valence-electron chi connectivity index (χ4n) is 1.69. The summed E-state index contributed by atoms with van der Waals surface area (Å²) in [5.74, 6) is 1.26.